The van der Waals surface area contributed by atoms with Crippen molar-refractivity contribution in [2.24, 2.45) is 0 Å². The minimum atomic E-state index is -2.61. The van der Waals surface area contributed by atoms with Crippen molar-refractivity contribution in [3.63, 3.8) is 0 Å². The average Bonchev–Trinajstić information content (AvgIpc) is 2.27. The van der Waals surface area contributed by atoms with Crippen LogP contribution in [-0.4, -0.2) is 32.9 Å². The molecule has 0 saturated heterocycles. The van der Waals surface area contributed by atoms with Gasteiger partial charge in [0.05, 0.1) is 18.2 Å². The Balaban J connectivity index is 0.00000289. The molecular formula is C10H9NaO6S. The molecule has 0 aliphatic rings. The fourth-order valence-corrected chi connectivity index (χ4v) is 1.76. The molecule has 0 amide bonds. The van der Waals surface area contributed by atoms with Gasteiger partial charge in [0.15, 0.2) is 0 Å². The first kappa shape index (κ1) is 17.3. The smallest absolute Gasteiger partial charge is 0.768 e. The molecule has 0 fully saturated rings. The maximum Gasteiger partial charge on any atom is 1.00 e. The van der Waals surface area contributed by atoms with Crippen molar-refractivity contribution < 1.29 is 57.8 Å². The molecule has 0 aliphatic carbocycles. The first-order valence-corrected chi connectivity index (χ1v) is 5.51. The van der Waals surface area contributed by atoms with Gasteiger partial charge in [-0.3, -0.25) is 4.21 Å². The van der Waals surface area contributed by atoms with Gasteiger partial charge in [0.1, 0.15) is 0 Å². The fourth-order valence-electron chi connectivity index (χ4n) is 1.33. The van der Waals surface area contributed by atoms with Gasteiger partial charge in [-0.05, 0) is 35.7 Å². The van der Waals surface area contributed by atoms with E-state index in [1.54, 1.807) is 0 Å². The first-order valence-electron chi connectivity index (χ1n) is 4.44. The van der Waals surface area contributed by atoms with E-state index in [1.807, 2.05) is 0 Å². The molecule has 0 aromatic heterocycles. The monoisotopic (exact) mass is 280 g/mol. The Morgan fingerprint density at radius 3 is 2.22 bits per heavy atom. The Bertz CT molecular complexity index is 513. The average molecular weight is 280 g/mol. The van der Waals surface area contributed by atoms with Gasteiger partial charge in [-0.15, -0.1) is 0 Å². The molecule has 0 spiro atoms. The van der Waals surface area contributed by atoms with Gasteiger partial charge in [-0.2, -0.15) is 0 Å². The van der Waals surface area contributed by atoms with E-state index >= 15 is 0 Å². The van der Waals surface area contributed by atoms with Gasteiger partial charge in [-0.25, -0.2) is 9.59 Å². The second-order valence-electron chi connectivity index (χ2n) is 3.17. The third-order valence-electron chi connectivity index (χ3n) is 2.21. The summed E-state index contributed by atoms with van der Waals surface area (Å²) in [6, 6.07) is 2.07. The molecule has 0 aliphatic heterocycles. The predicted octanol–water partition coefficient (Wildman–Crippen LogP) is -2.28. The van der Waals surface area contributed by atoms with E-state index in [0.29, 0.717) is 0 Å². The molecule has 18 heavy (non-hydrogen) atoms. The van der Waals surface area contributed by atoms with Crippen molar-refractivity contribution in [1.82, 2.24) is 0 Å². The number of carboxylic acids is 1. The molecule has 92 valence electrons. The van der Waals surface area contributed by atoms with Crippen LogP contribution in [0.4, 0.5) is 0 Å². The third-order valence-corrected chi connectivity index (χ3v) is 2.83. The van der Waals surface area contributed by atoms with E-state index in [4.69, 9.17) is 5.11 Å². The summed E-state index contributed by atoms with van der Waals surface area (Å²) in [5.74, 6) is -2.09. The van der Waals surface area contributed by atoms with E-state index in [9.17, 15) is 18.4 Å². The second kappa shape index (κ2) is 7.01. The molecule has 0 bridgehead atoms. The molecule has 6 nitrogen and oxygen atoms in total. The van der Waals surface area contributed by atoms with Crippen LogP contribution in [0.15, 0.2) is 17.0 Å². The van der Waals surface area contributed by atoms with E-state index in [-0.39, 0.29) is 51.1 Å². The maximum atomic E-state index is 11.4. The number of carbonyl (C=O) groups excluding carboxylic acids is 1. The number of hydrogen-bond acceptors (Lipinski definition) is 5. The number of rotatable bonds is 3. The van der Waals surface area contributed by atoms with Crippen LogP contribution in [0.1, 0.15) is 26.3 Å². The minimum absolute atomic E-state index is 0. The molecule has 0 radical (unpaired) electrons. The van der Waals surface area contributed by atoms with Crippen LogP contribution in [0.2, 0.25) is 0 Å². The number of ether oxygens (including phenoxy) is 1. The molecule has 1 N–H and O–H groups in total. The Morgan fingerprint density at radius 2 is 1.83 bits per heavy atom. The zero-order chi connectivity index (χ0) is 13.2. The fraction of sp³-hybridized carbons (Fsp3) is 0.200. The Morgan fingerprint density at radius 1 is 1.33 bits per heavy atom. The summed E-state index contributed by atoms with van der Waals surface area (Å²) in [7, 11) is 1.13. The molecule has 0 saturated carbocycles. The minimum Gasteiger partial charge on any atom is -0.768 e. The van der Waals surface area contributed by atoms with E-state index in [0.717, 1.165) is 19.2 Å². The number of hydrogen-bond donors (Lipinski definition) is 1. The van der Waals surface area contributed by atoms with Crippen molar-refractivity contribution in [3.8, 4) is 0 Å². The standard InChI is InChI=1S/C10H10O6S.Na/c1-5-7(9(11)12)3-6(17(14)15)4-8(5)10(13)16-2;/h3-4H,1-2H3,(H,11,12)(H,14,15);/q;+1/p-1. The molecule has 1 aromatic rings. The number of aromatic carboxylic acids is 1. The van der Waals surface area contributed by atoms with Crippen molar-refractivity contribution in [1.29, 1.82) is 0 Å². The van der Waals surface area contributed by atoms with Gasteiger partial charge in [0, 0.05) is 4.90 Å². The van der Waals surface area contributed by atoms with Crippen LogP contribution in [0.3, 0.4) is 0 Å². The van der Waals surface area contributed by atoms with Crippen LogP contribution in [0.25, 0.3) is 0 Å². The van der Waals surface area contributed by atoms with E-state index < -0.39 is 23.0 Å². The summed E-state index contributed by atoms with van der Waals surface area (Å²) < 4.78 is 26.1. The zero-order valence-electron chi connectivity index (χ0n) is 10.1. The second-order valence-corrected chi connectivity index (χ2v) is 4.12. The van der Waals surface area contributed by atoms with Crippen LogP contribution in [-0.2, 0) is 15.8 Å². The molecule has 0 heterocycles. The number of methoxy groups -OCH3 is 1. The summed E-state index contributed by atoms with van der Waals surface area (Å²) in [6.07, 6.45) is 0. The summed E-state index contributed by atoms with van der Waals surface area (Å²) in [5.41, 5.74) is -0.155. The van der Waals surface area contributed by atoms with E-state index in [1.165, 1.54) is 6.92 Å². The quantitative estimate of drug-likeness (QED) is 0.380. The molecule has 1 unspecified atom stereocenters. The number of esters is 1. The SMILES string of the molecule is COC(=O)c1cc(S(=O)[O-])cc(C(=O)O)c1C.[Na+]. The molecular weight excluding hydrogens is 271 g/mol. The van der Waals surface area contributed by atoms with Crippen molar-refractivity contribution in [3.05, 3.63) is 28.8 Å². The van der Waals surface area contributed by atoms with Crippen LogP contribution >= 0.6 is 0 Å². The summed E-state index contributed by atoms with van der Waals surface area (Å²) in [6.45, 7) is 1.41. The topological polar surface area (TPSA) is 104 Å². The Hall–Kier alpha value is -0.730. The van der Waals surface area contributed by atoms with Gasteiger partial charge in [-0.1, -0.05) is 0 Å². The van der Waals surface area contributed by atoms with Crippen LogP contribution < -0.4 is 29.6 Å². The van der Waals surface area contributed by atoms with Gasteiger partial charge < -0.3 is 14.4 Å². The molecule has 1 rings (SSSR count). The third kappa shape index (κ3) is 3.63. The van der Waals surface area contributed by atoms with Crippen molar-refractivity contribution in [2.45, 2.75) is 11.8 Å². The maximum absolute atomic E-state index is 11.4. The number of benzene rings is 1. The van der Waals surface area contributed by atoms with Crippen LogP contribution in [0.5, 0.6) is 0 Å². The molecule has 1 aromatic carbocycles. The summed E-state index contributed by atoms with van der Waals surface area (Å²) in [5, 5.41) is 8.90. The molecule has 1 atom stereocenters. The van der Waals surface area contributed by atoms with Gasteiger partial charge in [0.2, 0.25) is 0 Å². The molecule has 8 heteroatoms. The summed E-state index contributed by atoms with van der Waals surface area (Å²) >= 11 is -2.61. The number of carbonyl (C=O) groups is 2. The van der Waals surface area contributed by atoms with Crippen molar-refractivity contribution >= 4 is 23.0 Å². The Labute approximate surface area is 128 Å². The zero-order valence-corrected chi connectivity index (χ0v) is 12.9. The Kier molecular flexibility index (Phi) is 6.72. The predicted molar refractivity (Wildman–Crippen MR) is 56.7 cm³/mol. The van der Waals surface area contributed by atoms with E-state index in [2.05, 4.69) is 4.74 Å². The number of carboxylic acid groups (broad SMARTS) is 1. The normalized spacial score (nSPS) is 11.3. The first-order chi connectivity index (χ1) is 7.88. The van der Waals surface area contributed by atoms with Crippen LogP contribution in [0, 0.1) is 6.92 Å². The van der Waals surface area contributed by atoms with Gasteiger partial charge >= 0.3 is 41.5 Å². The van der Waals surface area contributed by atoms with Gasteiger partial charge in [0.25, 0.3) is 0 Å². The van der Waals surface area contributed by atoms with Crippen molar-refractivity contribution in [2.75, 3.05) is 7.11 Å². The largest absolute Gasteiger partial charge is 1.00 e. The summed E-state index contributed by atoms with van der Waals surface area (Å²) in [4.78, 5) is 22.0.